The van der Waals surface area contributed by atoms with Crippen LogP contribution in [0, 0.1) is 0 Å². The van der Waals surface area contributed by atoms with E-state index in [0.717, 1.165) is 27.5 Å². The van der Waals surface area contributed by atoms with E-state index in [9.17, 15) is 4.79 Å². The molecule has 0 aliphatic rings. The van der Waals surface area contributed by atoms with Crippen LogP contribution in [0.15, 0.2) is 59.8 Å². The summed E-state index contributed by atoms with van der Waals surface area (Å²) in [5, 5.41) is 5.30. The first-order valence-corrected chi connectivity index (χ1v) is 8.72. The highest BCUT2D eigenvalue weighted by Gasteiger charge is 2.10. The predicted molar refractivity (Wildman–Crippen MR) is 106 cm³/mol. The van der Waals surface area contributed by atoms with Gasteiger partial charge in [0, 0.05) is 22.7 Å². The summed E-state index contributed by atoms with van der Waals surface area (Å²) in [4.78, 5) is 19.4. The van der Waals surface area contributed by atoms with Gasteiger partial charge in [0.2, 0.25) is 5.95 Å². The summed E-state index contributed by atoms with van der Waals surface area (Å²) in [5.41, 5.74) is 6.60. The Kier molecular flexibility index (Phi) is 4.57. The normalized spacial score (nSPS) is 11.4. The van der Waals surface area contributed by atoms with Crippen LogP contribution in [0.25, 0.3) is 21.9 Å². The van der Waals surface area contributed by atoms with E-state index >= 15 is 0 Å². The van der Waals surface area contributed by atoms with E-state index in [1.807, 2.05) is 59.3 Å². The van der Waals surface area contributed by atoms with Gasteiger partial charge in [-0.05, 0) is 25.1 Å². The molecular weight excluding hydrogens is 342 g/mol. The van der Waals surface area contributed by atoms with Gasteiger partial charge in [0.15, 0.2) is 0 Å². The van der Waals surface area contributed by atoms with Crippen molar-refractivity contribution in [3.8, 4) is 0 Å². The minimum atomic E-state index is -0.262. The molecule has 0 aliphatic carbocycles. The third-order valence-electron chi connectivity index (χ3n) is 4.19. The highest BCUT2D eigenvalue weighted by Crippen LogP contribution is 2.20. The van der Waals surface area contributed by atoms with Crippen LogP contribution in [-0.2, 0) is 16.1 Å². The van der Waals surface area contributed by atoms with Crippen molar-refractivity contribution in [1.29, 1.82) is 0 Å². The lowest BCUT2D eigenvalue weighted by Gasteiger charge is -2.04. The van der Waals surface area contributed by atoms with E-state index < -0.39 is 0 Å². The van der Waals surface area contributed by atoms with Crippen molar-refractivity contribution in [2.45, 2.75) is 13.5 Å². The third-order valence-corrected chi connectivity index (χ3v) is 4.19. The second kappa shape index (κ2) is 7.33. The van der Waals surface area contributed by atoms with Gasteiger partial charge in [-0.1, -0.05) is 30.3 Å². The number of hydrazone groups is 1. The molecule has 0 amide bonds. The van der Waals surface area contributed by atoms with Crippen molar-refractivity contribution >= 4 is 40.1 Å². The molecule has 0 unspecified atom stereocenters. The minimum Gasteiger partial charge on any atom is -0.465 e. The van der Waals surface area contributed by atoms with Crippen LogP contribution in [0.2, 0.25) is 0 Å². The van der Waals surface area contributed by atoms with Gasteiger partial charge in [-0.2, -0.15) is 5.10 Å². The van der Waals surface area contributed by atoms with E-state index in [4.69, 9.17) is 4.74 Å². The summed E-state index contributed by atoms with van der Waals surface area (Å²) >= 11 is 0. The SMILES string of the molecule is CCOC(=O)Cn1cc(/C=N/Nc2nc3ccccc3[nH]2)c2ccccc21. The molecule has 2 N–H and O–H groups in total. The number of carbonyl (C=O) groups excluding carboxylic acids is 1. The number of aromatic nitrogens is 3. The number of benzene rings is 2. The highest BCUT2D eigenvalue weighted by molar-refractivity contribution is 6.00. The van der Waals surface area contributed by atoms with E-state index in [1.165, 1.54) is 0 Å². The number of aromatic amines is 1. The Labute approximate surface area is 155 Å². The Morgan fingerprint density at radius 3 is 2.93 bits per heavy atom. The Morgan fingerprint density at radius 1 is 1.26 bits per heavy atom. The number of nitrogens with zero attached hydrogens (tertiary/aromatic N) is 3. The van der Waals surface area contributed by atoms with Crippen molar-refractivity contribution in [3.05, 3.63) is 60.3 Å². The zero-order chi connectivity index (χ0) is 18.6. The molecule has 2 aromatic carbocycles. The number of rotatable bonds is 6. The molecule has 0 spiro atoms. The van der Waals surface area contributed by atoms with Crippen molar-refractivity contribution in [2.24, 2.45) is 5.10 Å². The zero-order valence-electron chi connectivity index (χ0n) is 14.8. The first kappa shape index (κ1) is 16.8. The van der Waals surface area contributed by atoms with Crippen LogP contribution in [0.4, 0.5) is 5.95 Å². The Bertz CT molecular complexity index is 1090. The molecule has 7 nitrogen and oxygen atoms in total. The fraction of sp³-hybridized carbons (Fsp3) is 0.150. The van der Waals surface area contributed by atoms with Gasteiger partial charge in [-0.3, -0.25) is 4.79 Å². The monoisotopic (exact) mass is 361 g/mol. The molecule has 27 heavy (non-hydrogen) atoms. The van der Waals surface area contributed by atoms with Gasteiger partial charge in [0.25, 0.3) is 0 Å². The minimum absolute atomic E-state index is 0.166. The van der Waals surface area contributed by atoms with Crippen molar-refractivity contribution in [2.75, 3.05) is 12.0 Å². The van der Waals surface area contributed by atoms with E-state index in [0.29, 0.717) is 12.6 Å². The topological polar surface area (TPSA) is 84.3 Å². The molecule has 0 atom stereocenters. The number of fused-ring (bicyclic) bond motifs is 2. The fourth-order valence-electron chi connectivity index (χ4n) is 3.02. The molecule has 0 bridgehead atoms. The maximum atomic E-state index is 11.8. The molecular formula is C20H19N5O2. The van der Waals surface area contributed by atoms with Gasteiger partial charge in [-0.15, -0.1) is 0 Å². The third kappa shape index (κ3) is 3.52. The van der Waals surface area contributed by atoms with E-state index in [-0.39, 0.29) is 12.5 Å². The van der Waals surface area contributed by atoms with Crippen molar-refractivity contribution in [1.82, 2.24) is 14.5 Å². The predicted octanol–water partition coefficient (Wildman–Crippen LogP) is 3.53. The van der Waals surface area contributed by atoms with Gasteiger partial charge in [0.05, 0.1) is 23.9 Å². The Hall–Kier alpha value is -3.61. The van der Waals surface area contributed by atoms with Crippen molar-refractivity contribution in [3.63, 3.8) is 0 Å². The molecule has 136 valence electrons. The summed E-state index contributed by atoms with van der Waals surface area (Å²) in [6, 6.07) is 15.7. The lowest BCUT2D eigenvalue weighted by molar-refractivity contribution is -0.143. The fourth-order valence-corrected chi connectivity index (χ4v) is 3.02. The molecule has 0 fully saturated rings. The van der Waals surface area contributed by atoms with Gasteiger partial charge < -0.3 is 14.3 Å². The Morgan fingerprint density at radius 2 is 2.07 bits per heavy atom. The summed E-state index contributed by atoms with van der Waals surface area (Å²) in [6.45, 7) is 2.33. The number of H-pyrrole nitrogens is 1. The number of hydrogen-bond acceptors (Lipinski definition) is 5. The molecule has 0 aliphatic heterocycles. The maximum Gasteiger partial charge on any atom is 0.325 e. The number of hydrogen-bond donors (Lipinski definition) is 2. The molecule has 2 heterocycles. The number of esters is 1. The van der Waals surface area contributed by atoms with Crippen LogP contribution in [0.1, 0.15) is 12.5 Å². The second-order valence-corrected chi connectivity index (χ2v) is 6.01. The van der Waals surface area contributed by atoms with Crippen LogP contribution >= 0.6 is 0 Å². The van der Waals surface area contributed by atoms with Crippen LogP contribution in [-0.4, -0.2) is 33.3 Å². The van der Waals surface area contributed by atoms with Gasteiger partial charge in [0.1, 0.15) is 6.54 Å². The number of ether oxygens (including phenoxy) is 1. The number of para-hydroxylation sites is 3. The quantitative estimate of drug-likeness (QED) is 0.313. The van der Waals surface area contributed by atoms with Gasteiger partial charge in [-0.25, -0.2) is 10.4 Å². The number of anilines is 1. The zero-order valence-corrected chi connectivity index (χ0v) is 14.8. The molecule has 0 radical (unpaired) electrons. The smallest absolute Gasteiger partial charge is 0.325 e. The van der Waals surface area contributed by atoms with Crippen LogP contribution < -0.4 is 5.43 Å². The molecule has 0 saturated heterocycles. The molecule has 4 aromatic rings. The molecule has 2 aromatic heterocycles. The number of nitrogens with one attached hydrogen (secondary N) is 2. The largest absolute Gasteiger partial charge is 0.465 e. The highest BCUT2D eigenvalue weighted by atomic mass is 16.5. The van der Waals surface area contributed by atoms with E-state index in [1.54, 1.807) is 13.1 Å². The first-order chi connectivity index (χ1) is 13.2. The van der Waals surface area contributed by atoms with Crippen LogP contribution in [0.3, 0.4) is 0 Å². The van der Waals surface area contributed by atoms with Crippen LogP contribution in [0.5, 0.6) is 0 Å². The average molecular weight is 361 g/mol. The first-order valence-electron chi connectivity index (χ1n) is 8.72. The summed E-state index contributed by atoms with van der Waals surface area (Å²) < 4.78 is 6.92. The summed E-state index contributed by atoms with van der Waals surface area (Å²) in [6.07, 6.45) is 3.61. The lowest BCUT2D eigenvalue weighted by Crippen LogP contribution is -2.12. The number of imidazole rings is 1. The van der Waals surface area contributed by atoms with E-state index in [2.05, 4.69) is 20.5 Å². The Balaban J connectivity index is 1.57. The lowest BCUT2D eigenvalue weighted by atomic mass is 10.2. The maximum absolute atomic E-state index is 11.8. The summed E-state index contributed by atoms with van der Waals surface area (Å²) in [5.74, 6) is 0.310. The second-order valence-electron chi connectivity index (χ2n) is 6.01. The van der Waals surface area contributed by atoms with Crippen molar-refractivity contribution < 1.29 is 9.53 Å². The van der Waals surface area contributed by atoms with Gasteiger partial charge >= 0.3 is 5.97 Å². The summed E-state index contributed by atoms with van der Waals surface area (Å²) in [7, 11) is 0. The molecule has 0 saturated carbocycles. The molecule has 4 rings (SSSR count). The number of carbonyl (C=O) groups is 1. The molecule has 7 heteroatoms. The average Bonchev–Trinajstić information content (AvgIpc) is 3.24. The standard InChI is InChI=1S/C20H19N5O2/c1-2-27-19(26)13-25-12-14(15-7-3-6-10-18(15)25)11-21-24-20-22-16-8-4-5-9-17(16)23-20/h3-12H,2,13H2,1H3,(H2,22,23,24)/b21-11+.